The summed E-state index contributed by atoms with van der Waals surface area (Å²) in [4.78, 5) is 1.36. The second-order valence-corrected chi connectivity index (χ2v) is 7.97. The van der Waals surface area contributed by atoms with Crippen molar-refractivity contribution in [3.05, 3.63) is 30.3 Å². The minimum atomic E-state index is -1.23. The molecule has 0 bridgehead atoms. The highest BCUT2D eigenvalue weighted by molar-refractivity contribution is 8.27. The van der Waals surface area contributed by atoms with E-state index in [0.29, 0.717) is 0 Å². The largest absolute Gasteiger partial charge is 0.247 e. The van der Waals surface area contributed by atoms with Gasteiger partial charge in [0.1, 0.15) is 0 Å². The molecule has 0 amide bonds. The van der Waals surface area contributed by atoms with Crippen molar-refractivity contribution in [1.82, 2.24) is 12.9 Å². The molecule has 3 nitrogen and oxygen atoms in total. The molecule has 0 aliphatic rings. The van der Waals surface area contributed by atoms with E-state index >= 15 is 0 Å². The van der Waals surface area contributed by atoms with E-state index in [9.17, 15) is 0 Å². The lowest BCUT2D eigenvalue weighted by Gasteiger charge is -2.54. The van der Waals surface area contributed by atoms with Crippen LogP contribution in [0.5, 0.6) is 0 Å². The summed E-state index contributed by atoms with van der Waals surface area (Å²) < 4.78 is 6.92. The first-order valence-electron chi connectivity index (χ1n) is 5.35. The molecule has 0 saturated heterocycles. The maximum absolute atomic E-state index is 2.31. The second kappa shape index (κ2) is 5.19. The molecule has 0 unspecified atom stereocenters. The Hall–Kier alpha value is -0.550. The summed E-state index contributed by atoms with van der Waals surface area (Å²) in [5.41, 5.74) is 0. The maximum Gasteiger partial charge on any atom is 0.0298 e. The van der Waals surface area contributed by atoms with Crippen molar-refractivity contribution in [2.75, 3.05) is 42.3 Å². The van der Waals surface area contributed by atoms with Crippen molar-refractivity contribution < 1.29 is 0 Å². The lowest BCUT2D eigenvalue weighted by molar-refractivity contribution is 0.493. The summed E-state index contributed by atoms with van der Waals surface area (Å²) in [5.74, 6) is 0. The average molecular weight is 241 g/mol. The summed E-state index contributed by atoms with van der Waals surface area (Å²) >= 11 is 0. The maximum atomic E-state index is 2.31. The van der Waals surface area contributed by atoms with E-state index in [-0.39, 0.29) is 0 Å². The smallest absolute Gasteiger partial charge is 0.0298 e. The molecule has 0 aromatic heterocycles. The SMILES string of the molecule is CN(C)S(c1ccccc1)(N(C)C)N(C)C. The predicted octanol–water partition coefficient (Wildman–Crippen LogP) is 2.28. The molecule has 0 atom stereocenters. The molecule has 0 spiro atoms. The highest BCUT2D eigenvalue weighted by atomic mass is 32.3. The van der Waals surface area contributed by atoms with Crippen LogP contribution in [0.25, 0.3) is 0 Å². The predicted molar refractivity (Wildman–Crippen MR) is 73.4 cm³/mol. The summed E-state index contributed by atoms with van der Waals surface area (Å²) in [6, 6.07) is 10.7. The Kier molecular flexibility index (Phi) is 4.38. The van der Waals surface area contributed by atoms with E-state index < -0.39 is 10.6 Å². The summed E-state index contributed by atoms with van der Waals surface area (Å²) in [5, 5.41) is 0. The van der Waals surface area contributed by atoms with Crippen LogP contribution in [0.2, 0.25) is 0 Å². The van der Waals surface area contributed by atoms with Gasteiger partial charge >= 0.3 is 0 Å². The van der Waals surface area contributed by atoms with Gasteiger partial charge in [0.25, 0.3) is 0 Å². The molecule has 0 aliphatic heterocycles. The Balaban J connectivity index is 3.34. The lowest BCUT2D eigenvalue weighted by Crippen LogP contribution is -2.40. The van der Waals surface area contributed by atoms with Crippen LogP contribution in [0.3, 0.4) is 0 Å². The normalized spacial score (nSPS) is 13.8. The van der Waals surface area contributed by atoms with E-state index in [2.05, 4.69) is 85.5 Å². The molecule has 16 heavy (non-hydrogen) atoms. The fourth-order valence-corrected chi connectivity index (χ4v) is 5.96. The second-order valence-electron chi connectivity index (χ2n) is 4.27. The standard InChI is InChI=1S/C12H23N3S/c1-13(2)16(14(3)4,15(5)6)12-10-8-7-9-11-12/h7-11H,1-6H3. The van der Waals surface area contributed by atoms with Gasteiger partial charge in [-0.05, 0) is 65.0 Å². The Morgan fingerprint density at radius 1 is 0.688 bits per heavy atom. The first-order valence-corrected chi connectivity index (χ1v) is 6.85. The third kappa shape index (κ3) is 2.11. The van der Waals surface area contributed by atoms with Crippen LogP contribution in [-0.4, -0.2) is 55.2 Å². The molecule has 0 radical (unpaired) electrons. The topological polar surface area (TPSA) is 9.72 Å². The minimum Gasteiger partial charge on any atom is -0.247 e. The van der Waals surface area contributed by atoms with Gasteiger partial charge in [-0.15, -0.1) is 0 Å². The van der Waals surface area contributed by atoms with Crippen LogP contribution >= 0.6 is 10.6 Å². The van der Waals surface area contributed by atoms with Gasteiger partial charge in [0.15, 0.2) is 0 Å². The van der Waals surface area contributed by atoms with Gasteiger partial charge in [0.2, 0.25) is 0 Å². The third-order valence-corrected chi connectivity index (χ3v) is 6.55. The zero-order valence-corrected chi connectivity index (χ0v) is 12.0. The number of rotatable bonds is 4. The van der Waals surface area contributed by atoms with Crippen molar-refractivity contribution in [3.8, 4) is 0 Å². The average Bonchev–Trinajstić information content (AvgIpc) is 2.18. The van der Waals surface area contributed by atoms with Gasteiger partial charge < -0.3 is 0 Å². The quantitative estimate of drug-likeness (QED) is 0.801. The van der Waals surface area contributed by atoms with Crippen LogP contribution in [0.4, 0.5) is 0 Å². The van der Waals surface area contributed by atoms with E-state index in [1.807, 2.05) is 0 Å². The van der Waals surface area contributed by atoms with Gasteiger partial charge in [0, 0.05) is 4.90 Å². The Morgan fingerprint density at radius 2 is 1.06 bits per heavy atom. The summed E-state index contributed by atoms with van der Waals surface area (Å²) in [6.07, 6.45) is 0. The molecule has 0 N–H and O–H groups in total. The van der Waals surface area contributed by atoms with E-state index in [1.54, 1.807) is 0 Å². The molecular formula is C12H23N3S. The van der Waals surface area contributed by atoms with Crippen LogP contribution < -0.4 is 0 Å². The van der Waals surface area contributed by atoms with Gasteiger partial charge in [0.05, 0.1) is 0 Å². The molecule has 92 valence electrons. The van der Waals surface area contributed by atoms with Crippen molar-refractivity contribution >= 4 is 10.6 Å². The zero-order valence-electron chi connectivity index (χ0n) is 11.1. The van der Waals surface area contributed by atoms with Gasteiger partial charge in [-0.2, -0.15) is 0 Å². The number of hydrogen-bond acceptors (Lipinski definition) is 3. The highest BCUT2D eigenvalue weighted by Crippen LogP contribution is 2.59. The Labute approximate surface area is 101 Å². The van der Waals surface area contributed by atoms with Crippen LogP contribution in [0.15, 0.2) is 35.2 Å². The van der Waals surface area contributed by atoms with Crippen LogP contribution in [0, 0.1) is 0 Å². The van der Waals surface area contributed by atoms with E-state index in [1.165, 1.54) is 4.90 Å². The number of nitrogens with zero attached hydrogens (tertiary/aromatic N) is 3. The highest BCUT2D eigenvalue weighted by Gasteiger charge is 2.33. The van der Waals surface area contributed by atoms with Crippen molar-refractivity contribution in [2.24, 2.45) is 0 Å². The molecule has 1 aromatic carbocycles. The molecule has 1 rings (SSSR count). The van der Waals surface area contributed by atoms with Crippen molar-refractivity contribution in [1.29, 1.82) is 0 Å². The van der Waals surface area contributed by atoms with Gasteiger partial charge in [-0.3, -0.25) is 0 Å². The minimum absolute atomic E-state index is 1.23. The molecular weight excluding hydrogens is 218 g/mol. The van der Waals surface area contributed by atoms with Crippen LogP contribution in [0.1, 0.15) is 0 Å². The third-order valence-electron chi connectivity index (χ3n) is 2.59. The number of hydrogen-bond donors (Lipinski definition) is 0. The fourth-order valence-electron chi connectivity index (χ4n) is 2.22. The molecule has 4 heteroatoms. The first-order chi connectivity index (χ1) is 7.44. The molecule has 0 fully saturated rings. The van der Waals surface area contributed by atoms with Gasteiger partial charge in [-0.1, -0.05) is 18.2 Å². The molecule has 0 saturated carbocycles. The molecule has 0 heterocycles. The zero-order chi connectivity index (χ0) is 12.3. The molecule has 1 aromatic rings. The van der Waals surface area contributed by atoms with E-state index in [0.717, 1.165) is 0 Å². The fraction of sp³-hybridized carbons (Fsp3) is 0.500. The van der Waals surface area contributed by atoms with Crippen molar-refractivity contribution in [3.63, 3.8) is 0 Å². The van der Waals surface area contributed by atoms with E-state index in [4.69, 9.17) is 0 Å². The first kappa shape index (κ1) is 13.5. The molecule has 0 aliphatic carbocycles. The number of benzene rings is 1. The monoisotopic (exact) mass is 241 g/mol. The Bertz CT molecular complexity index is 301. The van der Waals surface area contributed by atoms with Gasteiger partial charge in [-0.25, -0.2) is 12.9 Å². The summed E-state index contributed by atoms with van der Waals surface area (Å²) in [6.45, 7) is 0. The van der Waals surface area contributed by atoms with Crippen molar-refractivity contribution in [2.45, 2.75) is 4.90 Å². The lowest BCUT2D eigenvalue weighted by atomic mass is 10.4. The Morgan fingerprint density at radius 3 is 1.38 bits per heavy atom. The summed E-state index contributed by atoms with van der Waals surface area (Å²) in [7, 11) is 11.6. The van der Waals surface area contributed by atoms with Crippen LogP contribution in [-0.2, 0) is 0 Å².